The highest BCUT2D eigenvalue weighted by atomic mass is 79.9. The van der Waals surface area contributed by atoms with Crippen LogP contribution in [0.4, 0.5) is 11.4 Å². The maximum atomic E-state index is 12.2. The van der Waals surface area contributed by atoms with Crippen LogP contribution in [0.25, 0.3) is 0 Å². The van der Waals surface area contributed by atoms with Crippen LogP contribution in [0.15, 0.2) is 46.9 Å². The standard InChI is InChI=1S/C14H13BrN2O/c1-9-5-4-7-11(16)13(9)14(18)17-12-8-3-2-6-10(12)15/h2-8H,16H2,1H3,(H,17,18). The Hall–Kier alpha value is -1.81. The number of halogens is 1. The normalized spacial score (nSPS) is 10.1. The minimum atomic E-state index is -0.197. The first-order valence-electron chi connectivity index (χ1n) is 5.50. The van der Waals surface area contributed by atoms with Crippen LogP contribution in [-0.2, 0) is 0 Å². The summed E-state index contributed by atoms with van der Waals surface area (Å²) in [4.78, 5) is 12.2. The maximum Gasteiger partial charge on any atom is 0.258 e. The van der Waals surface area contributed by atoms with Gasteiger partial charge in [-0.05, 0) is 46.6 Å². The summed E-state index contributed by atoms with van der Waals surface area (Å²) in [6.07, 6.45) is 0. The van der Waals surface area contributed by atoms with Gasteiger partial charge in [0.2, 0.25) is 0 Å². The summed E-state index contributed by atoms with van der Waals surface area (Å²) in [6, 6.07) is 12.9. The van der Waals surface area contributed by atoms with Gasteiger partial charge in [-0.15, -0.1) is 0 Å². The molecule has 3 N–H and O–H groups in total. The molecule has 0 heterocycles. The fourth-order valence-corrected chi connectivity index (χ4v) is 2.13. The molecule has 0 radical (unpaired) electrons. The molecule has 2 rings (SSSR count). The van der Waals surface area contributed by atoms with Crippen LogP contribution in [0.2, 0.25) is 0 Å². The Bertz CT molecular complexity index is 576. The van der Waals surface area contributed by atoms with Crippen LogP contribution in [0, 0.1) is 6.92 Å². The molecule has 0 aliphatic heterocycles. The second kappa shape index (κ2) is 5.23. The highest BCUT2D eigenvalue weighted by Crippen LogP contribution is 2.23. The van der Waals surface area contributed by atoms with E-state index < -0.39 is 0 Å². The van der Waals surface area contributed by atoms with Gasteiger partial charge >= 0.3 is 0 Å². The predicted molar refractivity (Wildman–Crippen MR) is 77.7 cm³/mol. The lowest BCUT2D eigenvalue weighted by molar-refractivity contribution is 0.102. The number of carbonyl (C=O) groups is 1. The highest BCUT2D eigenvalue weighted by molar-refractivity contribution is 9.10. The van der Waals surface area contributed by atoms with Crippen molar-refractivity contribution in [2.45, 2.75) is 6.92 Å². The fraction of sp³-hybridized carbons (Fsp3) is 0.0714. The lowest BCUT2D eigenvalue weighted by atomic mass is 10.1. The number of aryl methyl sites for hydroxylation is 1. The first-order chi connectivity index (χ1) is 8.59. The smallest absolute Gasteiger partial charge is 0.258 e. The number of carbonyl (C=O) groups excluding carboxylic acids is 1. The van der Waals surface area contributed by atoms with E-state index in [1.54, 1.807) is 6.07 Å². The van der Waals surface area contributed by atoms with Crippen LogP contribution in [0.1, 0.15) is 15.9 Å². The summed E-state index contributed by atoms with van der Waals surface area (Å²) >= 11 is 3.39. The van der Waals surface area contributed by atoms with Gasteiger partial charge in [-0.25, -0.2) is 0 Å². The van der Waals surface area contributed by atoms with Crippen molar-refractivity contribution < 1.29 is 4.79 Å². The van der Waals surface area contributed by atoms with Gasteiger partial charge in [0.15, 0.2) is 0 Å². The summed E-state index contributed by atoms with van der Waals surface area (Å²) < 4.78 is 0.838. The van der Waals surface area contributed by atoms with Gasteiger partial charge in [-0.1, -0.05) is 24.3 Å². The Morgan fingerprint density at radius 2 is 1.89 bits per heavy atom. The third-order valence-corrected chi connectivity index (χ3v) is 3.35. The number of rotatable bonds is 2. The molecule has 3 nitrogen and oxygen atoms in total. The van der Waals surface area contributed by atoms with E-state index in [1.807, 2.05) is 43.3 Å². The highest BCUT2D eigenvalue weighted by Gasteiger charge is 2.13. The molecule has 4 heteroatoms. The number of anilines is 2. The van der Waals surface area contributed by atoms with Gasteiger partial charge in [0, 0.05) is 10.2 Å². The molecule has 0 aliphatic carbocycles. The zero-order valence-electron chi connectivity index (χ0n) is 9.91. The van der Waals surface area contributed by atoms with Gasteiger partial charge in [0.05, 0.1) is 11.3 Å². The monoisotopic (exact) mass is 304 g/mol. The number of nitrogens with one attached hydrogen (secondary N) is 1. The van der Waals surface area contributed by atoms with Crippen molar-refractivity contribution in [3.05, 3.63) is 58.1 Å². The third-order valence-electron chi connectivity index (χ3n) is 2.65. The fourth-order valence-electron chi connectivity index (χ4n) is 1.75. The molecule has 92 valence electrons. The van der Waals surface area contributed by atoms with Crippen molar-refractivity contribution in [2.24, 2.45) is 0 Å². The topological polar surface area (TPSA) is 55.1 Å². The van der Waals surface area contributed by atoms with Crippen LogP contribution >= 0.6 is 15.9 Å². The zero-order valence-corrected chi connectivity index (χ0v) is 11.5. The minimum absolute atomic E-state index is 0.197. The summed E-state index contributed by atoms with van der Waals surface area (Å²) in [5.41, 5.74) is 8.44. The van der Waals surface area contributed by atoms with Gasteiger partial charge in [0.1, 0.15) is 0 Å². The van der Waals surface area contributed by atoms with E-state index in [1.165, 1.54) is 0 Å². The maximum absolute atomic E-state index is 12.2. The van der Waals surface area contributed by atoms with E-state index in [9.17, 15) is 4.79 Å². The van der Waals surface area contributed by atoms with Crippen LogP contribution in [-0.4, -0.2) is 5.91 Å². The average molecular weight is 305 g/mol. The summed E-state index contributed by atoms with van der Waals surface area (Å²) in [5, 5.41) is 2.84. The molecule has 0 saturated carbocycles. The molecule has 0 fully saturated rings. The number of nitrogen functional groups attached to an aromatic ring is 1. The third kappa shape index (κ3) is 2.54. The molecular formula is C14H13BrN2O. The van der Waals surface area contributed by atoms with Gasteiger partial charge in [-0.2, -0.15) is 0 Å². The molecule has 0 saturated heterocycles. The van der Waals surface area contributed by atoms with Crippen molar-refractivity contribution in [1.29, 1.82) is 0 Å². The van der Waals surface area contributed by atoms with Crippen molar-refractivity contribution in [3.63, 3.8) is 0 Å². The van der Waals surface area contributed by atoms with E-state index >= 15 is 0 Å². The number of amides is 1. The second-order valence-corrected chi connectivity index (χ2v) is 4.83. The molecule has 0 atom stereocenters. The van der Waals surface area contributed by atoms with Gasteiger partial charge in [-0.3, -0.25) is 4.79 Å². The largest absolute Gasteiger partial charge is 0.398 e. The Labute approximate surface area is 114 Å². The SMILES string of the molecule is Cc1cccc(N)c1C(=O)Nc1ccccc1Br. The van der Waals surface area contributed by atoms with E-state index in [0.29, 0.717) is 11.3 Å². The van der Waals surface area contributed by atoms with E-state index in [2.05, 4.69) is 21.2 Å². The van der Waals surface area contributed by atoms with Crippen molar-refractivity contribution >= 4 is 33.2 Å². The number of nitrogens with two attached hydrogens (primary N) is 1. The van der Waals surface area contributed by atoms with E-state index in [-0.39, 0.29) is 5.91 Å². The quantitative estimate of drug-likeness (QED) is 0.833. The lowest BCUT2D eigenvalue weighted by Crippen LogP contribution is -2.15. The minimum Gasteiger partial charge on any atom is -0.398 e. The Kier molecular flexibility index (Phi) is 3.67. The molecule has 0 spiro atoms. The molecular weight excluding hydrogens is 292 g/mol. The van der Waals surface area contributed by atoms with E-state index in [4.69, 9.17) is 5.73 Å². The Balaban J connectivity index is 2.31. The average Bonchev–Trinajstić information content (AvgIpc) is 2.32. The molecule has 2 aromatic carbocycles. The Morgan fingerprint density at radius 3 is 2.56 bits per heavy atom. The molecule has 18 heavy (non-hydrogen) atoms. The van der Waals surface area contributed by atoms with Crippen LogP contribution < -0.4 is 11.1 Å². The molecule has 0 unspecified atom stereocenters. The predicted octanol–water partition coefficient (Wildman–Crippen LogP) is 3.59. The van der Waals surface area contributed by atoms with Crippen LogP contribution in [0.5, 0.6) is 0 Å². The van der Waals surface area contributed by atoms with Gasteiger partial charge < -0.3 is 11.1 Å². The van der Waals surface area contributed by atoms with E-state index in [0.717, 1.165) is 15.7 Å². The molecule has 0 aliphatic rings. The lowest BCUT2D eigenvalue weighted by Gasteiger charge is -2.11. The number of hydrogen-bond donors (Lipinski definition) is 2. The van der Waals surface area contributed by atoms with Crippen molar-refractivity contribution in [3.8, 4) is 0 Å². The first kappa shape index (κ1) is 12.6. The van der Waals surface area contributed by atoms with Crippen molar-refractivity contribution in [1.82, 2.24) is 0 Å². The second-order valence-electron chi connectivity index (χ2n) is 3.97. The molecule has 0 aromatic heterocycles. The molecule has 2 aromatic rings. The summed E-state index contributed by atoms with van der Waals surface area (Å²) in [6.45, 7) is 1.87. The molecule has 0 bridgehead atoms. The Morgan fingerprint density at radius 1 is 1.17 bits per heavy atom. The summed E-state index contributed by atoms with van der Waals surface area (Å²) in [5.74, 6) is -0.197. The first-order valence-corrected chi connectivity index (χ1v) is 6.30. The zero-order chi connectivity index (χ0) is 13.1. The van der Waals surface area contributed by atoms with Gasteiger partial charge in [0.25, 0.3) is 5.91 Å². The molecule has 1 amide bonds. The summed E-state index contributed by atoms with van der Waals surface area (Å²) in [7, 11) is 0. The number of para-hydroxylation sites is 1. The number of benzene rings is 2. The number of hydrogen-bond acceptors (Lipinski definition) is 2. The van der Waals surface area contributed by atoms with Crippen molar-refractivity contribution in [2.75, 3.05) is 11.1 Å². The van der Waals surface area contributed by atoms with Crippen LogP contribution in [0.3, 0.4) is 0 Å².